The summed E-state index contributed by atoms with van der Waals surface area (Å²) in [5, 5.41) is 0.379. The van der Waals surface area contributed by atoms with Crippen molar-refractivity contribution >= 4 is 11.8 Å². The first-order valence-corrected chi connectivity index (χ1v) is 4.80. The summed E-state index contributed by atoms with van der Waals surface area (Å²) in [7, 11) is 0. The number of hydrogen-bond donors (Lipinski definition) is 0. The van der Waals surface area contributed by atoms with Crippen molar-refractivity contribution in [2.75, 3.05) is 12.9 Å². The Kier molecular flexibility index (Phi) is 3.56. The van der Waals surface area contributed by atoms with Crippen LogP contribution >= 0.6 is 11.8 Å². The van der Waals surface area contributed by atoms with Crippen LogP contribution in [0.15, 0.2) is 17.4 Å². The fourth-order valence-electron chi connectivity index (χ4n) is 0.660. The Bertz CT molecular complexity index is 305. The highest BCUT2D eigenvalue weighted by Gasteiger charge is 2.28. The summed E-state index contributed by atoms with van der Waals surface area (Å²) in [6.45, 7) is -1.34. The smallest absolute Gasteiger partial charge is 0.422 e. The second kappa shape index (κ2) is 4.50. The topological polar surface area (TPSA) is 35.0 Å². The molecule has 0 aliphatic rings. The lowest BCUT2D eigenvalue weighted by atomic mass is 10.6. The van der Waals surface area contributed by atoms with Crippen LogP contribution in [0.5, 0.6) is 5.88 Å². The van der Waals surface area contributed by atoms with Gasteiger partial charge < -0.3 is 4.74 Å². The van der Waals surface area contributed by atoms with Gasteiger partial charge in [0.25, 0.3) is 0 Å². The van der Waals surface area contributed by atoms with Crippen molar-refractivity contribution < 1.29 is 17.9 Å². The van der Waals surface area contributed by atoms with Gasteiger partial charge in [0.05, 0.1) is 0 Å². The van der Waals surface area contributed by atoms with Gasteiger partial charge in [0, 0.05) is 12.3 Å². The van der Waals surface area contributed by atoms with E-state index in [1.165, 1.54) is 24.0 Å². The molecule has 1 rings (SSSR count). The third-order valence-electron chi connectivity index (χ3n) is 1.17. The summed E-state index contributed by atoms with van der Waals surface area (Å²) >= 11 is 1.23. The molecule has 14 heavy (non-hydrogen) atoms. The molecule has 0 aliphatic heterocycles. The van der Waals surface area contributed by atoms with E-state index in [0.717, 1.165) is 0 Å². The maximum Gasteiger partial charge on any atom is 0.422 e. The van der Waals surface area contributed by atoms with Crippen molar-refractivity contribution in [1.29, 1.82) is 0 Å². The van der Waals surface area contributed by atoms with Gasteiger partial charge in [0.2, 0.25) is 5.88 Å². The van der Waals surface area contributed by atoms with Gasteiger partial charge in [0.15, 0.2) is 11.8 Å². The van der Waals surface area contributed by atoms with Crippen LogP contribution in [0.25, 0.3) is 0 Å². The van der Waals surface area contributed by atoms with E-state index in [9.17, 15) is 13.2 Å². The van der Waals surface area contributed by atoms with Crippen LogP contribution in [-0.2, 0) is 0 Å². The molecule has 0 saturated carbocycles. The Hall–Kier alpha value is -0.980. The minimum atomic E-state index is -4.34. The summed E-state index contributed by atoms with van der Waals surface area (Å²) in [6, 6.07) is 1.28. The number of ether oxygens (including phenoxy) is 1. The van der Waals surface area contributed by atoms with E-state index in [2.05, 4.69) is 14.7 Å². The zero-order valence-electron chi connectivity index (χ0n) is 7.21. The van der Waals surface area contributed by atoms with Crippen molar-refractivity contribution in [3.05, 3.63) is 12.3 Å². The Morgan fingerprint density at radius 2 is 2.21 bits per heavy atom. The van der Waals surface area contributed by atoms with E-state index in [1.54, 1.807) is 6.26 Å². The predicted molar refractivity (Wildman–Crippen MR) is 45.4 cm³/mol. The Morgan fingerprint density at radius 1 is 1.50 bits per heavy atom. The first-order chi connectivity index (χ1) is 6.51. The Morgan fingerprint density at radius 3 is 2.79 bits per heavy atom. The number of nitrogens with zero attached hydrogens (tertiary/aromatic N) is 2. The molecule has 1 aromatic heterocycles. The van der Waals surface area contributed by atoms with E-state index in [1.807, 2.05) is 0 Å². The van der Waals surface area contributed by atoms with Gasteiger partial charge in [0.1, 0.15) is 0 Å². The van der Waals surface area contributed by atoms with Crippen LogP contribution in [0.4, 0.5) is 13.2 Å². The molecule has 0 unspecified atom stereocenters. The summed E-state index contributed by atoms with van der Waals surface area (Å²) in [6.07, 6.45) is -1.27. The van der Waals surface area contributed by atoms with Crippen LogP contribution in [0.2, 0.25) is 0 Å². The maximum absolute atomic E-state index is 11.8. The first kappa shape index (κ1) is 11.1. The molecule has 0 N–H and O–H groups in total. The van der Waals surface area contributed by atoms with Gasteiger partial charge in [-0.15, -0.1) is 0 Å². The van der Waals surface area contributed by atoms with Crippen LogP contribution < -0.4 is 4.74 Å². The van der Waals surface area contributed by atoms with Crippen LogP contribution in [0.1, 0.15) is 0 Å². The van der Waals surface area contributed by atoms with Gasteiger partial charge in [-0.1, -0.05) is 11.8 Å². The van der Waals surface area contributed by atoms with E-state index >= 15 is 0 Å². The van der Waals surface area contributed by atoms with Crippen LogP contribution in [0, 0.1) is 0 Å². The van der Waals surface area contributed by atoms with E-state index < -0.39 is 12.8 Å². The number of halogens is 3. The minimum Gasteiger partial charge on any atom is -0.468 e. The molecule has 0 bridgehead atoms. The molecule has 1 aromatic rings. The van der Waals surface area contributed by atoms with Crippen molar-refractivity contribution in [3.8, 4) is 5.88 Å². The van der Waals surface area contributed by atoms with Gasteiger partial charge in [-0.25, -0.2) is 4.98 Å². The molecule has 0 fully saturated rings. The number of alkyl halides is 3. The van der Waals surface area contributed by atoms with Gasteiger partial charge in [-0.2, -0.15) is 18.2 Å². The zero-order valence-corrected chi connectivity index (χ0v) is 8.02. The average Bonchev–Trinajstić information content (AvgIpc) is 2.14. The normalized spacial score (nSPS) is 11.4. The fourth-order valence-corrected chi connectivity index (χ4v) is 1.01. The third kappa shape index (κ3) is 3.82. The lowest BCUT2D eigenvalue weighted by Gasteiger charge is -2.07. The Labute approximate surface area is 82.7 Å². The molecule has 0 atom stereocenters. The highest BCUT2D eigenvalue weighted by molar-refractivity contribution is 7.98. The molecule has 0 aliphatic carbocycles. The molecule has 0 saturated heterocycles. The molecule has 0 radical (unpaired) electrons. The molecule has 1 heterocycles. The van der Waals surface area contributed by atoms with Gasteiger partial charge in [-0.3, -0.25) is 0 Å². The second-order valence-corrected chi connectivity index (χ2v) is 3.06. The predicted octanol–water partition coefficient (Wildman–Crippen LogP) is 2.14. The Balaban J connectivity index is 2.59. The third-order valence-corrected chi connectivity index (χ3v) is 1.74. The molecule has 7 heteroatoms. The average molecular weight is 224 g/mol. The molecule has 0 aromatic carbocycles. The highest BCUT2D eigenvalue weighted by atomic mass is 32.2. The van der Waals surface area contributed by atoms with E-state index in [-0.39, 0.29) is 5.88 Å². The lowest BCUT2D eigenvalue weighted by Crippen LogP contribution is -2.19. The van der Waals surface area contributed by atoms with Crippen LogP contribution in [0.3, 0.4) is 0 Å². The standard InChI is InChI=1S/C7H7F3N2OS/c1-14-6-11-3-2-5(12-6)13-4-7(8,9)10/h2-3H,4H2,1H3. The molecule has 78 valence electrons. The van der Waals surface area contributed by atoms with Crippen molar-refractivity contribution in [2.24, 2.45) is 0 Å². The van der Waals surface area contributed by atoms with E-state index in [4.69, 9.17) is 0 Å². The monoisotopic (exact) mass is 224 g/mol. The number of rotatable bonds is 3. The number of hydrogen-bond acceptors (Lipinski definition) is 4. The van der Waals surface area contributed by atoms with Crippen LogP contribution in [-0.4, -0.2) is 29.0 Å². The lowest BCUT2D eigenvalue weighted by molar-refractivity contribution is -0.154. The number of thioether (sulfide) groups is 1. The summed E-state index contributed by atoms with van der Waals surface area (Å²) in [5.41, 5.74) is 0. The minimum absolute atomic E-state index is 0.0679. The number of aromatic nitrogens is 2. The fraction of sp³-hybridized carbons (Fsp3) is 0.429. The first-order valence-electron chi connectivity index (χ1n) is 3.58. The highest BCUT2D eigenvalue weighted by Crippen LogP contribution is 2.18. The SMILES string of the molecule is CSc1nccc(OCC(F)(F)F)n1. The molecular formula is C7H7F3N2OS. The van der Waals surface area contributed by atoms with Crippen molar-refractivity contribution in [3.63, 3.8) is 0 Å². The molecule has 0 amide bonds. The summed E-state index contributed by atoms with van der Waals surface area (Å²) in [4.78, 5) is 7.52. The van der Waals surface area contributed by atoms with Crippen molar-refractivity contribution in [1.82, 2.24) is 9.97 Å². The quantitative estimate of drug-likeness (QED) is 0.582. The largest absolute Gasteiger partial charge is 0.468 e. The molecular weight excluding hydrogens is 217 g/mol. The summed E-state index contributed by atoms with van der Waals surface area (Å²) in [5.74, 6) is -0.0679. The zero-order chi connectivity index (χ0) is 10.6. The molecule has 0 spiro atoms. The second-order valence-electron chi connectivity index (χ2n) is 2.29. The van der Waals surface area contributed by atoms with Gasteiger partial charge >= 0.3 is 6.18 Å². The maximum atomic E-state index is 11.8. The van der Waals surface area contributed by atoms with Crippen molar-refractivity contribution in [2.45, 2.75) is 11.3 Å². The van der Waals surface area contributed by atoms with Gasteiger partial charge in [-0.05, 0) is 6.26 Å². The summed E-state index contributed by atoms with van der Waals surface area (Å²) < 4.78 is 39.7. The molecule has 3 nitrogen and oxygen atoms in total. The van der Waals surface area contributed by atoms with E-state index in [0.29, 0.717) is 5.16 Å².